The molecule has 1 N–H and O–H groups in total. The Kier molecular flexibility index (Phi) is 6.77. The fraction of sp³-hybridized carbons (Fsp3) is 0.370. The van der Waals surface area contributed by atoms with Gasteiger partial charge in [-0.05, 0) is 49.9 Å². The molecule has 1 aliphatic heterocycles. The minimum atomic E-state index is -0.958. The summed E-state index contributed by atoms with van der Waals surface area (Å²) >= 11 is 1.62. The van der Waals surface area contributed by atoms with Crippen molar-refractivity contribution >= 4 is 23.0 Å². The van der Waals surface area contributed by atoms with E-state index in [1.165, 1.54) is 0 Å². The molecule has 0 aliphatic carbocycles. The highest BCUT2D eigenvalue weighted by molar-refractivity contribution is 7.13. The molecule has 5 nitrogen and oxygen atoms in total. The van der Waals surface area contributed by atoms with E-state index in [2.05, 4.69) is 29.2 Å². The van der Waals surface area contributed by atoms with E-state index in [0.29, 0.717) is 31.2 Å². The van der Waals surface area contributed by atoms with Crippen molar-refractivity contribution in [2.75, 3.05) is 6.54 Å². The van der Waals surface area contributed by atoms with Crippen LogP contribution in [0, 0.1) is 13.8 Å². The van der Waals surface area contributed by atoms with Crippen LogP contribution in [0.2, 0.25) is 0 Å². The minimum absolute atomic E-state index is 0.0185. The Hall–Kier alpha value is -2.83. The van der Waals surface area contributed by atoms with Crippen molar-refractivity contribution in [1.29, 1.82) is 0 Å². The van der Waals surface area contributed by atoms with Crippen molar-refractivity contribution in [1.82, 2.24) is 9.88 Å². The summed E-state index contributed by atoms with van der Waals surface area (Å²) in [6.07, 6.45) is 1.03. The molecule has 1 aliphatic rings. The number of aliphatic hydroxyl groups is 1. The fourth-order valence-electron chi connectivity index (χ4n) is 4.85. The lowest BCUT2D eigenvalue weighted by molar-refractivity contribution is -0.128. The number of nitrogens with zero attached hydrogens (tertiary/aromatic N) is 2. The number of carbonyl (C=O) groups is 2. The summed E-state index contributed by atoms with van der Waals surface area (Å²) in [5.74, 6) is -0.167. The maximum absolute atomic E-state index is 13.5. The highest BCUT2D eigenvalue weighted by Crippen LogP contribution is 2.36. The zero-order valence-corrected chi connectivity index (χ0v) is 20.2. The number of aromatic nitrogens is 1. The van der Waals surface area contributed by atoms with E-state index in [4.69, 9.17) is 0 Å². The molecule has 0 radical (unpaired) electrons. The summed E-state index contributed by atoms with van der Waals surface area (Å²) in [6, 6.07) is 15.7. The van der Waals surface area contributed by atoms with Crippen LogP contribution in [0.1, 0.15) is 53.4 Å². The molecule has 172 valence electrons. The lowest BCUT2D eigenvalue weighted by Crippen LogP contribution is -2.52. The van der Waals surface area contributed by atoms with Gasteiger partial charge in [0.25, 0.3) is 5.91 Å². The van der Waals surface area contributed by atoms with Gasteiger partial charge in [-0.3, -0.25) is 9.59 Å². The van der Waals surface area contributed by atoms with Crippen molar-refractivity contribution in [3.05, 3.63) is 76.4 Å². The Morgan fingerprint density at radius 1 is 1.18 bits per heavy atom. The van der Waals surface area contributed by atoms with Gasteiger partial charge >= 0.3 is 0 Å². The predicted molar refractivity (Wildman–Crippen MR) is 131 cm³/mol. The average Bonchev–Trinajstić information content (AvgIpc) is 3.40. The van der Waals surface area contributed by atoms with Crippen LogP contribution in [0.25, 0.3) is 10.4 Å². The second-order valence-corrected chi connectivity index (χ2v) is 9.77. The van der Waals surface area contributed by atoms with Gasteiger partial charge in [0.2, 0.25) is 0 Å². The molecule has 33 heavy (non-hydrogen) atoms. The number of aliphatic hydroxyl groups excluding tert-OH is 1. The molecule has 0 bridgehead atoms. The molecule has 6 heteroatoms. The Morgan fingerprint density at radius 3 is 2.58 bits per heavy atom. The zero-order valence-electron chi connectivity index (χ0n) is 19.4. The van der Waals surface area contributed by atoms with Gasteiger partial charge in [-0.25, -0.2) is 4.98 Å². The quantitative estimate of drug-likeness (QED) is 0.537. The van der Waals surface area contributed by atoms with Gasteiger partial charge in [0.1, 0.15) is 5.54 Å². The number of β-amino-alcohol motifs (C(OH)–C–C–N with tert-alkyl or cyclic N) is 1. The first-order chi connectivity index (χ1) is 15.8. The van der Waals surface area contributed by atoms with Crippen molar-refractivity contribution in [2.24, 2.45) is 0 Å². The SMILES string of the molecule is CCC1(C(=O)CCc2ccc(-c3scnc3C)cc2)C[C@@H](O)CN1C(=O)c1cccc(C)c1. The summed E-state index contributed by atoms with van der Waals surface area (Å²) in [6.45, 7) is 6.06. The Balaban J connectivity index is 1.50. The van der Waals surface area contributed by atoms with Gasteiger partial charge in [-0.1, -0.05) is 48.9 Å². The number of benzene rings is 2. The maximum Gasteiger partial charge on any atom is 0.254 e. The van der Waals surface area contributed by atoms with Gasteiger partial charge in [0.15, 0.2) is 5.78 Å². The minimum Gasteiger partial charge on any atom is -0.391 e. The number of rotatable bonds is 7. The second kappa shape index (κ2) is 9.57. The normalized spacial score (nSPS) is 20.2. The van der Waals surface area contributed by atoms with E-state index >= 15 is 0 Å². The summed E-state index contributed by atoms with van der Waals surface area (Å²) in [5.41, 5.74) is 5.67. The average molecular weight is 463 g/mol. The van der Waals surface area contributed by atoms with Gasteiger partial charge in [0, 0.05) is 24.9 Å². The number of thiazole rings is 1. The Labute approximate surface area is 199 Å². The summed E-state index contributed by atoms with van der Waals surface area (Å²) in [4.78, 5) is 33.9. The van der Waals surface area contributed by atoms with Gasteiger partial charge in [-0.15, -0.1) is 11.3 Å². The molecule has 4 rings (SSSR count). The van der Waals surface area contributed by atoms with Gasteiger partial charge < -0.3 is 10.0 Å². The van der Waals surface area contributed by atoms with Crippen LogP contribution in [0.5, 0.6) is 0 Å². The molecule has 0 saturated carbocycles. The third-order valence-electron chi connectivity index (χ3n) is 6.70. The number of Topliss-reactive ketones (excluding diaryl/α,β-unsaturated/α-hetero) is 1. The van der Waals surface area contributed by atoms with Crippen LogP contribution in [0.4, 0.5) is 0 Å². The largest absolute Gasteiger partial charge is 0.391 e. The second-order valence-electron chi connectivity index (χ2n) is 8.92. The Morgan fingerprint density at radius 2 is 1.94 bits per heavy atom. The van der Waals surface area contributed by atoms with E-state index in [-0.39, 0.29) is 18.2 Å². The van der Waals surface area contributed by atoms with Crippen LogP contribution >= 0.6 is 11.3 Å². The third kappa shape index (κ3) is 4.63. The highest BCUT2D eigenvalue weighted by Gasteiger charge is 2.51. The highest BCUT2D eigenvalue weighted by atomic mass is 32.1. The molecule has 3 aromatic rings. The topological polar surface area (TPSA) is 70.5 Å². The van der Waals surface area contributed by atoms with Gasteiger partial charge in [0.05, 0.1) is 22.2 Å². The van der Waals surface area contributed by atoms with Crippen LogP contribution in [-0.4, -0.2) is 44.9 Å². The smallest absolute Gasteiger partial charge is 0.254 e. The Bertz CT molecular complexity index is 1150. The molecule has 1 aromatic heterocycles. The van der Waals surface area contributed by atoms with E-state index in [0.717, 1.165) is 27.3 Å². The number of hydrogen-bond donors (Lipinski definition) is 1. The van der Waals surface area contributed by atoms with E-state index < -0.39 is 11.6 Å². The van der Waals surface area contributed by atoms with Gasteiger partial charge in [-0.2, -0.15) is 0 Å². The molecular weight excluding hydrogens is 432 g/mol. The number of hydrogen-bond acceptors (Lipinski definition) is 5. The van der Waals surface area contributed by atoms with Crippen LogP contribution in [-0.2, 0) is 11.2 Å². The summed E-state index contributed by atoms with van der Waals surface area (Å²) < 4.78 is 0. The lowest BCUT2D eigenvalue weighted by Gasteiger charge is -2.36. The fourth-order valence-corrected chi connectivity index (χ4v) is 5.66. The molecule has 1 unspecified atom stereocenters. The lowest BCUT2D eigenvalue weighted by atomic mass is 9.84. The van der Waals surface area contributed by atoms with Crippen LogP contribution in [0.3, 0.4) is 0 Å². The van der Waals surface area contributed by atoms with Crippen molar-refractivity contribution < 1.29 is 14.7 Å². The standard InChI is InChI=1S/C27H30N2O3S/c1-4-27(15-23(30)16-29(27)26(32)22-7-5-6-18(2)14-22)24(31)13-10-20-8-11-21(12-9-20)25-19(3)28-17-33-25/h5-9,11-12,14,17,23,30H,4,10,13,15-16H2,1-3H3/t23-,27?/m1/s1. The number of carbonyl (C=O) groups excluding carboxylic acids is 2. The first kappa shape index (κ1) is 23.3. The molecule has 2 aromatic carbocycles. The molecule has 1 saturated heterocycles. The molecule has 1 fully saturated rings. The number of amides is 1. The number of likely N-dealkylation sites (tertiary alicyclic amines) is 1. The first-order valence-corrected chi connectivity index (χ1v) is 12.3. The molecule has 0 spiro atoms. The maximum atomic E-state index is 13.5. The van der Waals surface area contributed by atoms with E-state index in [1.54, 1.807) is 22.3 Å². The van der Waals surface area contributed by atoms with Crippen molar-refractivity contribution in [2.45, 2.75) is 58.1 Å². The van der Waals surface area contributed by atoms with E-state index in [9.17, 15) is 14.7 Å². The monoisotopic (exact) mass is 462 g/mol. The van der Waals surface area contributed by atoms with Crippen molar-refractivity contribution in [3.63, 3.8) is 0 Å². The number of aryl methyl sites for hydroxylation is 3. The summed E-state index contributed by atoms with van der Waals surface area (Å²) in [5, 5.41) is 10.4. The molecular formula is C27H30N2O3S. The zero-order chi connectivity index (χ0) is 23.6. The van der Waals surface area contributed by atoms with Crippen molar-refractivity contribution in [3.8, 4) is 10.4 Å². The first-order valence-electron chi connectivity index (χ1n) is 11.4. The predicted octanol–water partition coefficient (Wildman–Crippen LogP) is 4.98. The molecule has 2 atom stereocenters. The molecule has 1 amide bonds. The third-order valence-corrected chi connectivity index (χ3v) is 7.68. The van der Waals surface area contributed by atoms with E-state index in [1.807, 2.05) is 44.5 Å². The summed E-state index contributed by atoms with van der Waals surface area (Å²) in [7, 11) is 0. The number of ketones is 1. The van der Waals surface area contributed by atoms with Crippen LogP contribution in [0.15, 0.2) is 54.0 Å². The van der Waals surface area contributed by atoms with Crippen LogP contribution < -0.4 is 0 Å². The molecule has 2 heterocycles.